The highest BCUT2D eigenvalue weighted by Crippen LogP contribution is 2.50. The Morgan fingerprint density at radius 2 is 1.89 bits per heavy atom. The van der Waals surface area contributed by atoms with E-state index in [0.29, 0.717) is 46.0 Å². The van der Waals surface area contributed by atoms with E-state index in [2.05, 4.69) is 6.07 Å². The van der Waals surface area contributed by atoms with Crippen molar-refractivity contribution >= 4 is 39.7 Å². The van der Waals surface area contributed by atoms with Crippen LogP contribution in [0.3, 0.4) is 0 Å². The number of nitrogens with two attached hydrogens (primary N) is 1. The van der Waals surface area contributed by atoms with E-state index in [1.54, 1.807) is 12.1 Å². The van der Waals surface area contributed by atoms with Crippen LogP contribution < -0.4 is 10.6 Å². The lowest BCUT2D eigenvalue weighted by Crippen LogP contribution is -2.39. The molecular formula is C27H26ClN3O3S. The van der Waals surface area contributed by atoms with Crippen molar-refractivity contribution in [3.63, 3.8) is 0 Å². The maximum Gasteiger partial charge on any atom is 0.341 e. The normalized spacial score (nSPS) is 20.2. The highest BCUT2D eigenvalue weighted by atomic mass is 35.5. The van der Waals surface area contributed by atoms with Gasteiger partial charge in [-0.1, -0.05) is 30.2 Å². The number of halogens is 1. The molecular weight excluding hydrogens is 482 g/mol. The van der Waals surface area contributed by atoms with E-state index in [-0.39, 0.29) is 11.6 Å². The van der Waals surface area contributed by atoms with Crippen molar-refractivity contribution in [3.05, 3.63) is 73.5 Å². The summed E-state index contributed by atoms with van der Waals surface area (Å²) < 4.78 is 5.20. The lowest BCUT2D eigenvalue weighted by Gasteiger charge is -2.39. The Bertz CT molecular complexity index is 1320. The average Bonchev–Trinajstić information content (AvgIpc) is 3.05. The molecule has 0 spiro atoms. The van der Waals surface area contributed by atoms with Gasteiger partial charge in [-0.05, 0) is 61.8 Å². The molecule has 180 valence electrons. The van der Waals surface area contributed by atoms with Crippen molar-refractivity contribution in [2.75, 3.05) is 12.0 Å². The molecule has 1 aliphatic heterocycles. The number of anilines is 1. The predicted molar refractivity (Wildman–Crippen MR) is 136 cm³/mol. The number of fused-ring (bicyclic) bond motifs is 1. The second kappa shape index (κ2) is 9.52. The molecule has 0 saturated heterocycles. The van der Waals surface area contributed by atoms with Gasteiger partial charge in [-0.15, -0.1) is 11.3 Å². The number of allylic oxidation sites excluding steroid dienone is 3. The number of hydrogen-bond donors (Lipinski definition) is 1. The molecule has 0 amide bonds. The fourth-order valence-corrected chi connectivity index (χ4v) is 7.05. The van der Waals surface area contributed by atoms with Gasteiger partial charge in [0.15, 0.2) is 5.78 Å². The van der Waals surface area contributed by atoms with E-state index in [0.717, 1.165) is 53.8 Å². The summed E-state index contributed by atoms with van der Waals surface area (Å²) in [6, 6.07) is 9.48. The summed E-state index contributed by atoms with van der Waals surface area (Å²) in [5.41, 5.74) is 10.7. The number of ether oxygens (including phenoxy) is 1. The zero-order valence-electron chi connectivity index (χ0n) is 19.5. The summed E-state index contributed by atoms with van der Waals surface area (Å²) >= 11 is 7.65. The number of benzene rings is 1. The molecule has 5 rings (SSSR count). The SMILES string of the molecule is COC(=O)c1c(N2C(N)=C(C#N)[C@H](c3ccc(Cl)cc3)C3=C2CCCC3=O)sc2c1CCCCC2. The van der Waals surface area contributed by atoms with Gasteiger partial charge in [0.05, 0.1) is 30.2 Å². The first-order valence-electron chi connectivity index (χ1n) is 11.9. The summed E-state index contributed by atoms with van der Waals surface area (Å²) in [6.45, 7) is 0. The van der Waals surface area contributed by atoms with Gasteiger partial charge in [0.2, 0.25) is 0 Å². The smallest absolute Gasteiger partial charge is 0.341 e. The molecule has 3 aliphatic rings. The van der Waals surface area contributed by atoms with Gasteiger partial charge in [-0.25, -0.2) is 4.79 Å². The lowest BCUT2D eigenvalue weighted by molar-refractivity contribution is -0.116. The summed E-state index contributed by atoms with van der Waals surface area (Å²) in [7, 11) is 1.38. The number of carbonyl (C=O) groups is 2. The molecule has 8 heteroatoms. The number of hydrogen-bond acceptors (Lipinski definition) is 7. The number of esters is 1. The molecule has 2 N–H and O–H groups in total. The standard InChI is InChI=1S/C27H26ClN3O3S/c1-34-27(33)23-17-6-3-2-4-9-21(17)35-26(23)31-19-7-5-8-20(32)24(19)22(18(14-29)25(31)30)15-10-12-16(28)13-11-15/h10-13,22H,2-9,30H2,1H3/t22-/m0/s1. The molecule has 0 bridgehead atoms. The minimum Gasteiger partial charge on any atom is -0.465 e. The van der Waals surface area contributed by atoms with Gasteiger partial charge in [0, 0.05) is 27.6 Å². The number of thiophene rings is 1. The number of aryl methyl sites for hydroxylation is 1. The molecule has 35 heavy (non-hydrogen) atoms. The fraction of sp³-hybridized carbons (Fsp3) is 0.370. The van der Waals surface area contributed by atoms with Gasteiger partial charge in [-0.2, -0.15) is 5.26 Å². The van der Waals surface area contributed by atoms with E-state index in [1.165, 1.54) is 18.4 Å². The summed E-state index contributed by atoms with van der Waals surface area (Å²) in [5, 5.41) is 11.5. The highest BCUT2D eigenvalue weighted by molar-refractivity contribution is 7.16. The zero-order valence-corrected chi connectivity index (χ0v) is 21.1. The maximum atomic E-state index is 13.4. The number of methoxy groups -OCH3 is 1. The van der Waals surface area contributed by atoms with Gasteiger partial charge < -0.3 is 10.5 Å². The van der Waals surface area contributed by atoms with E-state index in [1.807, 2.05) is 17.0 Å². The van der Waals surface area contributed by atoms with Crippen molar-refractivity contribution in [2.45, 2.75) is 57.3 Å². The van der Waals surface area contributed by atoms with E-state index in [4.69, 9.17) is 22.1 Å². The van der Waals surface area contributed by atoms with Crippen LogP contribution in [-0.4, -0.2) is 18.9 Å². The number of nitrogens with zero attached hydrogens (tertiary/aromatic N) is 2. The van der Waals surface area contributed by atoms with Crippen molar-refractivity contribution in [2.24, 2.45) is 5.73 Å². The van der Waals surface area contributed by atoms with E-state index < -0.39 is 11.9 Å². The summed E-state index contributed by atoms with van der Waals surface area (Å²) in [4.78, 5) is 29.4. The maximum absolute atomic E-state index is 13.4. The molecule has 1 aromatic carbocycles. The van der Waals surface area contributed by atoms with Crippen LogP contribution in [0.5, 0.6) is 0 Å². The Morgan fingerprint density at radius 3 is 2.60 bits per heavy atom. The molecule has 2 heterocycles. The Morgan fingerprint density at radius 1 is 1.14 bits per heavy atom. The highest BCUT2D eigenvalue weighted by Gasteiger charge is 2.42. The Balaban J connectivity index is 1.76. The van der Waals surface area contributed by atoms with Gasteiger partial charge in [0.25, 0.3) is 0 Å². The van der Waals surface area contributed by atoms with Crippen molar-refractivity contribution in [1.82, 2.24) is 0 Å². The van der Waals surface area contributed by atoms with Crippen LogP contribution in [-0.2, 0) is 22.4 Å². The third kappa shape index (κ3) is 3.95. The fourth-order valence-electron chi connectivity index (χ4n) is 5.51. The first-order valence-corrected chi connectivity index (χ1v) is 13.1. The number of Topliss-reactive ketones (excluding diaryl/α,β-unsaturated/α-hetero) is 1. The largest absolute Gasteiger partial charge is 0.465 e. The van der Waals surface area contributed by atoms with Crippen LogP contribution in [0.4, 0.5) is 5.00 Å². The van der Waals surface area contributed by atoms with Crippen LogP contribution in [0.15, 0.2) is 46.9 Å². The average molecular weight is 508 g/mol. The molecule has 2 aromatic rings. The van der Waals surface area contributed by atoms with E-state index in [9.17, 15) is 14.9 Å². The Hall–Kier alpha value is -3.08. The number of rotatable bonds is 3. The number of ketones is 1. The minimum absolute atomic E-state index is 0.00851. The first-order chi connectivity index (χ1) is 17.0. The Labute approximate surface area is 213 Å². The number of carbonyl (C=O) groups excluding carboxylic acids is 2. The third-order valence-corrected chi connectivity index (χ3v) is 8.64. The second-order valence-electron chi connectivity index (χ2n) is 9.10. The predicted octanol–water partition coefficient (Wildman–Crippen LogP) is 5.76. The first kappa shape index (κ1) is 23.7. The van der Waals surface area contributed by atoms with Crippen molar-refractivity contribution < 1.29 is 14.3 Å². The molecule has 1 atom stereocenters. The zero-order chi connectivity index (χ0) is 24.7. The lowest BCUT2D eigenvalue weighted by atomic mass is 9.75. The molecule has 0 fully saturated rings. The summed E-state index contributed by atoms with van der Waals surface area (Å²) in [5.74, 6) is -0.692. The number of nitriles is 1. The third-order valence-electron chi connectivity index (χ3n) is 7.11. The molecule has 0 unspecified atom stereocenters. The molecule has 2 aliphatic carbocycles. The van der Waals surface area contributed by atoms with Gasteiger partial charge >= 0.3 is 5.97 Å². The van der Waals surface area contributed by atoms with Crippen LogP contribution in [0.1, 0.15) is 70.8 Å². The van der Waals surface area contributed by atoms with Crippen LogP contribution >= 0.6 is 22.9 Å². The monoisotopic (exact) mass is 507 g/mol. The van der Waals surface area contributed by atoms with Crippen LogP contribution in [0, 0.1) is 11.3 Å². The van der Waals surface area contributed by atoms with E-state index >= 15 is 0 Å². The van der Waals surface area contributed by atoms with Crippen molar-refractivity contribution in [3.8, 4) is 6.07 Å². The molecule has 0 radical (unpaired) electrons. The van der Waals surface area contributed by atoms with Gasteiger partial charge in [0.1, 0.15) is 10.8 Å². The summed E-state index contributed by atoms with van der Waals surface area (Å²) in [6.07, 6.45) is 6.62. The van der Waals surface area contributed by atoms with Crippen LogP contribution in [0.25, 0.3) is 0 Å². The van der Waals surface area contributed by atoms with Crippen molar-refractivity contribution in [1.29, 1.82) is 5.26 Å². The Kier molecular flexibility index (Phi) is 6.43. The second-order valence-corrected chi connectivity index (χ2v) is 10.6. The molecule has 0 saturated carbocycles. The van der Waals surface area contributed by atoms with Crippen LogP contribution in [0.2, 0.25) is 5.02 Å². The quantitative estimate of drug-likeness (QED) is 0.419. The molecule has 6 nitrogen and oxygen atoms in total. The topological polar surface area (TPSA) is 96.4 Å². The molecule has 1 aromatic heterocycles. The minimum atomic E-state index is -0.560. The van der Waals surface area contributed by atoms with Gasteiger partial charge in [-0.3, -0.25) is 9.69 Å².